The second kappa shape index (κ2) is 10.8. The number of ether oxygens (including phenoxy) is 5. The van der Waals surface area contributed by atoms with Crippen LogP contribution in [-0.2, 0) is 4.74 Å². The van der Waals surface area contributed by atoms with Crippen LogP contribution in [0.3, 0.4) is 0 Å². The van der Waals surface area contributed by atoms with Crippen molar-refractivity contribution in [2.24, 2.45) is 5.73 Å². The van der Waals surface area contributed by atoms with Crippen LogP contribution >= 0.6 is 0 Å². The summed E-state index contributed by atoms with van der Waals surface area (Å²) < 4.78 is 27.7. The van der Waals surface area contributed by atoms with Crippen LogP contribution in [0.2, 0.25) is 0 Å². The third kappa shape index (κ3) is 4.69. The number of nitrogens with one attached hydrogen (secondary N) is 1. The van der Waals surface area contributed by atoms with Crippen molar-refractivity contribution in [2.45, 2.75) is 5.92 Å². The third-order valence-corrected chi connectivity index (χ3v) is 6.56. The molecule has 1 aromatic heterocycles. The molecule has 0 aliphatic carbocycles. The number of allylic oxidation sites excluding steroid dienone is 1. The van der Waals surface area contributed by atoms with Crippen molar-refractivity contribution in [3.05, 3.63) is 69.1 Å². The van der Waals surface area contributed by atoms with Gasteiger partial charge >= 0.3 is 6.09 Å². The molecule has 2 aliphatic rings. The number of rotatable bonds is 6. The number of aromatic amines is 1. The van der Waals surface area contributed by atoms with E-state index in [2.05, 4.69) is 16.3 Å². The van der Waals surface area contributed by atoms with Crippen LogP contribution in [0.1, 0.15) is 17.0 Å². The van der Waals surface area contributed by atoms with Gasteiger partial charge in [0.1, 0.15) is 11.6 Å². The van der Waals surface area contributed by atoms with Crippen LogP contribution in [-0.4, -0.2) is 66.6 Å². The lowest BCUT2D eigenvalue weighted by atomic mass is 9.82. The summed E-state index contributed by atoms with van der Waals surface area (Å²) in [5.74, 6) is -0.505. The highest BCUT2D eigenvalue weighted by Crippen LogP contribution is 2.49. The van der Waals surface area contributed by atoms with E-state index >= 15 is 0 Å². The maximum atomic E-state index is 12.8. The monoisotopic (exact) mass is 548 g/mol. The van der Waals surface area contributed by atoms with Crippen molar-refractivity contribution in [1.82, 2.24) is 15.1 Å². The van der Waals surface area contributed by atoms with E-state index in [1.54, 1.807) is 24.3 Å². The van der Waals surface area contributed by atoms with Gasteiger partial charge in [-0.2, -0.15) is 5.26 Å². The minimum Gasteiger partial charge on any atom is -0.493 e. The van der Waals surface area contributed by atoms with E-state index in [9.17, 15) is 20.2 Å². The number of methoxy groups -OCH3 is 2. The molecule has 14 heteroatoms. The largest absolute Gasteiger partial charge is 0.493 e. The molecule has 3 heterocycles. The summed E-state index contributed by atoms with van der Waals surface area (Å²) in [6.45, 7) is 1.55. The summed E-state index contributed by atoms with van der Waals surface area (Å²) >= 11 is 0. The fraction of sp³-hybridized carbons (Fsp3) is 0.269. The first-order valence-electron chi connectivity index (χ1n) is 12.1. The van der Waals surface area contributed by atoms with Crippen molar-refractivity contribution < 1.29 is 33.4 Å². The molecule has 2 aliphatic heterocycles. The van der Waals surface area contributed by atoms with Gasteiger partial charge in [0.05, 0.1) is 49.5 Å². The zero-order chi connectivity index (χ0) is 28.4. The number of nitriles is 1. The summed E-state index contributed by atoms with van der Waals surface area (Å²) in [6, 6.07) is 11.3. The molecule has 3 aromatic rings. The molecule has 1 unspecified atom stereocenters. The molecule has 5 rings (SSSR count). The number of non-ortho nitro benzene ring substituents is 1. The molecule has 1 fully saturated rings. The number of aromatic nitrogens is 2. The molecule has 1 atom stereocenters. The lowest BCUT2D eigenvalue weighted by molar-refractivity contribution is -0.384. The summed E-state index contributed by atoms with van der Waals surface area (Å²) in [7, 11) is 2.81. The Hall–Kier alpha value is -5.29. The quantitative estimate of drug-likeness (QED) is 0.340. The number of benzene rings is 2. The minimum atomic E-state index is -0.839. The van der Waals surface area contributed by atoms with E-state index in [1.807, 2.05) is 0 Å². The Morgan fingerprint density at radius 2 is 1.93 bits per heavy atom. The first kappa shape index (κ1) is 26.3. The topological polar surface area (TPSA) is 188 Å². The fourth-order valence-corrected chi connectivity index (χ4v) is 4.64. The number of H-pyrrole nitrogens is 1. The first-order valence-corrected chi connectivity index (χ1v) is 12.1. The number of hydrogen-bond donors (Lipinski definition) is 2. The molecule has 0 saturated carbocycles. The predicted octanol–water partition coefficient (Wildman–Crippen LogP) is 3.05. The van der Waals surface area contributed by atoms with Gasteiger partial charge in [-0.3, -0.25) is 15.2 Å². The van der Waals surface area contributed by atoms with Gasteiger partial charge in [-0.1, -0.05) is 12.1 Å². The molecule has 40 heavy (non-hydrogen) atoms. The van der Waals surface area contributed by atoms with Crippen LogP contribution in [0.15, 0.2) is 47.9 Å². The van der Waals surface area contributed by atoms with Gasteiger partial charge in [0.25, 0.3) is 5.69 Å². The maximum absolute atomic E-state index is 12.8. The second-order valence-corrected chi connectivity index (χ2v) is 8.77. The smallest absolute Gasteiger partial charge is 0.415 e. The van der Waals surface area contributed by atoms with Crippen molar-refractivity contribution in [1.29, 1.82) is 5.26 Å². The van der Waals surface area contributed by atoms with Gasteiger partial charge in [-0.05, 0) is 17.7 Å². The number of nitro groups is 1. The van der Waals surface area contributed by atoms with Gasteiger partial charge in [0, 0.05) is 30.8 Å². The Morgan fingerprint density at radius 1 is 1.23 bits per heavy atom. The lowest BCUT2D eigenvalue weighted by Crippen LogP contribution is -2.42. The van der Waals surface area contributed by atoms with Crippen molar-refractivity contribution in [3.8, 4) is 40.5 Å². The summed E-state index contributed by atoms with van der Waals surface area (Å²) in [5.41, 5.74) is 7.80. The average Bonchev–Trinajstić information content (AvgIpc) is 3.40. The fourth-order valence-electron chi connectivity index (χ4n) is 4.64. The Labute approximate surface area is 227 Å². The zero-order valence-corrected chi connectivity index (χ0v) is 21.5. The van der Waals surface area contributed by atoms with E-state index < -0.39 is 16.9 Å². The highest BCUT2D eigenvalue weighted by Gasteiger charge is 2.37. The van der Waals surface area contributed by atoms with E-state index in [-0.39, 0.29) is 40.3 Å². The van der Waals surface area contributed by atoms with Gasteiger partial charge in [-0.15, -0.1) is 5.10 Å². The van der Waals surface area contributed by atoms with Gasteiger partial charge in [0.2, 0.25) is 17.5 Å². The number of morpholine rings is 1. The number of hydrogen-bond acceptors (Lipinski definition) is 11. The molecule has 1 saturated heterocycles. The summed E-state index contributed by atoms with van der Waals surface area (Å²) in [5, 5.41) is 28.5. The van der Waals surface area contributed by atoms with Crippen molar-refractivity contribution >= 4 is 11.8 Å². The molecule has 0 bridgehead atoms. The van der Waals surface area contributed by atoms with E-state index in [0.29, 0.717) is 48.7 Å². The highest BCUT2D eigenvalue weighted by atomic mass is 16.6. The molecule has 1 amide bonds. The Kier molecular flexibility index (Phi) is 7.13. The maximum Gasteiger partial charge on any atom is 0.415 e. The zero-order valence-electron chi connectivity index (χ0n) is 21.5. The first-order chi connectivity index (χ1) is 19.4. The number of carbonyl (C=O) groups excluding carboxylic acids is 1. The second-order valence-electron chi connectivity index (χ2n) is 8.77. The van der Waals surface area contributed by atoms with Crippen LogP contribution in [0, 0.1) is 21.4 Å². The van der Waals surface area contributed by atoms with Crippen molar-refractivity contribution in [3.63, 3.8) is 0 Å². The van der Waals surface area contributed by atoms with Crippen molar-refractivity contribution in [2.75, 3.05) is 40.5 Å². The highest BCUT2D eigenvalue weighted by molar-refractivity contribution is 5.75. The van der Waals surface area contributed by atoms with Gasteiger partial charge in [-0.25, -0.2) is 4.79 Å². The number of fused-ring (bicyclic) bond motifs is 1. The molecule has 0 radical (unpaired) electrons. The van der Waals surface area contributed by atoms with Crippen LogP contribution in [0.5, 0.6) is 23.1 Å². The number of nitro benzene ring substituents is 1. The SMILES string of the molecule is COc1cc(C2C(C#N)=C(N)Oc3n[nH]c(-c4cccc([N+](=O)[O-])c4)c32)cc(OC)c1OC(=O)N1CCOCC1. The van der Waals surface area contributed by atoms with Crippen LogP contribution < -0.4 is 24.7 Å². The third-order valence-electron chi connectivity index (χ3n) is 6.56. The number of carbonyl (C=O) groups is 1. The summed E-state index contributed by atoms with van der Waals surface area (Å²) in [6.07, 6.45) is -0.592. The molecular weight excluding hydrogens is 524 g/mol. The van der Waals surface area contributed by atoms with E-state index in [0.717, 1.165) is 0 Å². The number of nitrogens with two attached hydrogens (primary N) is 1. The normalized spacial score (nSPS) is 16.4. The molecule has 2 aromatic carbocycles. The Balaban J connectivity index is 1.62. The van der Waals surface area contributed by atoms with Crippen LogP contribution in [0.25, 0.3) is 11.3 Å². The lowest BCUT2D eigenvalue weighted by Gasteiger charge is -2.27. The molecular formula is C26H24N6O8. The Morgan fingerprint density at radius 3 is 2.55 bits per heavy atom. The van der Waals surface area contributed by atoms with E-state index in [4.69, 9.17) is 29.4 Å². The molecule has 0 spiro atoms. The summed E-state index contributed by atoms with van der Waals surface area (Å²) in [4.78, 5) is 25.2. The Bertz CT molecular complexity index is 1530. The molecule has 206 valence electrons. The van der Waals surface area contributed by atoms with Gasteiger partial charge in [0.15, 0.2) is 11.5 Å². The average molecular weight is 549 g/mol. The number of amides is 1. The standard InChI is InChI=1S/C26H24N6O8/c1-36-18-11-15(12-19(37-2)23(18)39-26(33)31-6-8-38-9-7-31)20-17(13-27)24(28)40-25-21(20)22(29-30-25)14-4-3-5-16(10-14)32(34)35/h3-5,10-12,20H,6-9,28H2,1-2H3,(H,29,30). The molecule has 3 N–H and O–H groups in total. The molecule has 14 nitrogen and oxygen atoms in total. The van der Waals surface area contributed by atoms with Gasteiger partial charge < -0.3 is 34.3 Å². The van der Waals surface area contributed by atoms with Crippen LogP contribution in [0.4, 0.5) is 10.5 Å². The number of nitrogens with zero attached hydrogens (tertiary/aromatic N) is 4. The minimum absolute atomic E-state index is 0.0547. The van der Waals surface area contributed by atoms with E-state index in [1.165, 1.54) is 31.3 Å². The predicted molar refractivity (Wildman–Crippen MR) is 138 cm³/mol.